The van der Waals surface area contributed by atoms with E-state index in [0.717, 1.165) is 49.0 Å². The molecule has 6 aromatic rings. The van der Waals surface area contributed by atoms with Crippen molar-refractivity contribution >= 4 is 49.5 Å². The van der Waals surface area contributed by atoms with Crippen molar-refractivity contribution in [1.29, 1.82) is 0 Å². The minimum Gasteiger partial charge on any atom is -0.457 e. The molecule has 2 heterocycles. The molecule has 35 heavy (non-hydrogen) atoms. The lowest BCUT2D eigenvalue weighted by Gasteiger charge is -2.39. The van der Waals surface area contributed by atoms with Gasteiger partial charge in [0.25, 0.3) is 0 Å². The van der Waals surface area contributed by atoms with Gasteiger partial charge < -0.3 is 9.15 Å². The fourth-order valence-electron chi connectivity index (χ4n) is 6.12. The Kier molecular flexibility index (Phi) is 3.82. The Morgan fingerprint density at radius 2 is 1.29 bits per heavy atom. The van der Waals surface area contributed by atoms with E-state index in [-0.39, 0.29) is 0 Å². The average molecular weight is 536 g/mol. The van der Waals surface area contributed by atoms with E-state index in [1.165, 1.54) is 22.3 Å². The van der Waals surface area contributed by atoms with Gasteiger partial charge >= 0.3 is 0 Å². The van der Waals surface area contributed by atoms with Crippen LogP contribution in [0.3, 0.4) is 0 Å². The van der Waals surface area contributed by atoms with Crippen molar-refractivity contribution in [2.75, 3.05) is 0 Å². The molecule has 166 valence electrons. The third-order valence-electron chi connectivity index (χ3n) is 7.46. The zero-order chi connectivity index (χ0) is 23.3. The van der Waals surface area contributed by atoms with E-state index in [0.29, 0.717) is 5.02 Å². The van der Waals surface area contributed by atoms with E-state index in [9.17, 15) is 0 Å². The summed E-state index contributed by atoms with van der Waals surface area (Å²) in [5.74, 6) is 1.71. The van der Waals surface area contributed by atoms with Crippen molar-refractivity contribution < 1.29 is 9.15 Å². The Morgan fingerprint density at radius 1 is 0.600 bits per heavy atom. The predicted molar refractivity (Wildman–Crippen MR) is 144 cm³/mol. The Morgan fingerprint density at radius 3 is 2.06 bits per heavy atom. The van der Waals surface area contributed by atoms with Gasteiger partial charge in [-0.15, -0.1) is 0 Å². The fourth-order valence-corrected chi connectivity index (χ4v) is 6.64. The smallest absolute Gasteiger partial charge is 0.136 e. The lowest BCUT2D eigenvalue weighted by molar-refractivity contribution is 0.436. The van der Waals surface area contributed by atoms with Crippen LogP contribution in [0, 0.1) is 0 Å². The number of benzene rings is 5. The first-order valence-corrected chi connectivity index (χ1v) is 12.7. The summed E-state index contributed by atoms with van der Waals surface area (Å²) in [7, 11) is 0. The van der Waals surface area contributed by atoms with E-state index in [1.54, 1.807) is 0 Å². The Balaban J connectivity index is 1.57. The molecule has 1 aromatic heterocycles. The van der Waals surface area contributed by atoms with E-state index in [1.807, 2.05) is 24.3 Å². The molecule has 0 radical (unpaired) electrons. The van der Waals surface area contributed by atoms with Crippen LogP contribution in [0.2, 0.25) is 5.02 Å². The number of furan rings is 1. The first-order valence-electron chi connectivity index (χ1n) is 11.5. The van der Waals surface area contributed by atoms with Crippen LogP contribution in [0.1, 0.15) is 22.3 Å². The summed E-state index contributed by atoms with van der Waals surface area (Å²) in [5, 5.41) is 2.70. The highest BCUT2D eigenvalue weighted by Crippen LogP contribution is 2.62. The first-order chi connectivity index (χ1) is 17.1. The van der Waals surface area contributed by atoms with Gasteiger partial charge in [0.2, 0.25) is 0 Å². The van der Waals surface area contributed by atoms with Crippen molar-refractivity contribution in [1.82, 2.24) is 0 Å². The van der Waals surface area contributed by atoms with Crippen molar-refractivity contribution in [2.45, 2.75) is 5.41 Å². The summed E-state index contributed by atoms with van der Waals surface area (Å²) < 4.78 is 14.0. The van der Waals surface area contributed by atoms with Crippen LogP contribution in [0.15, 0.2) is 106 Å². The van der Waals surface area contributed by atoms with Crippen LogP contribution < -0.4 is 4.74 Å². The molecule has 0 saturated carbocycles. The predicted octanol–water partition coefficient (Wildman–Crippen LogP) is 9.47. The summed E-state index contributed by atoms with van der Waals surface area (Å²) in [5.41, 5.74) is 8.28. The SMILES string of the molecule is Clc1ccc2c(c1)oc1cc3c(cc12)Oc1ccc(Br)cc1C31c2ccccc2-c2ccccc21. The molecule has 4 heteroatoms. The van der Waals surface area contributed by atoms with Crippen molar-refractivity contribution in [3.8, 4) is 22.6 Å². The maximum Gasteiger partial charge on any atom is 0.136 e. The summed E-state index contributed by atoms with van der Waals surface area (Å²) >= 11 is 9.99. The lowest BCUT2D eigenvalue weighted by Crippen LogP contribution is -2.32. The minimum absolute atomic E-state index is 0.523. The standard InChI is InChI=1S/C31H16BrClO2/c32-17-9-12-27-25(13-17)31(23-7-3-1-5-19(23)20-6-2-4-8-24(20)31)26-16-29-22(15-30(26)34-27)21-11-10-18(33)14-28(21)35-29/h1-16H. The van der Waals surface area contributed by atoms with E-state index in [4.69, 9.17) is 20.8 Å². The molecular weight excluding hydrogens is 520 g/mol. The number of hydrogen-bond acceptors (Lipinski definition) is 2. The minimum atomic E-state index is -0.523. The molecule has 1 spiro atoms. The molecule has 1 aliphatic carbocycles. The van der Waals surface area contributed by atoms with Crippen LogP contribution in [0.5, 0.6) is 11.5 Å². The molecule has 0 atom stereocenters. The highest BCUT2D eigenvalue weighted by atomic mass is 79.9. The van der Waals surface area contributed by atoms with Gasteiger partial charge in [0.05, 0.1) is 5.41 Å². The zero-order valence-corrected chi connectivity index (χ0v) is 20.7. The maximum absolute atomic E-state index is 6.61. The normalized spacial score (nSPS) is 14.5. The lowest BCUT2D eigenvalue weighted by atomic mass is 9.66. The van der Waals surface area contributed by atoms with Gasteiger partial charge in [-0.1, -0.05) is 76.1 Å². The third kappa shape index (κ3) is 2.45. The molecule has 2 nitrogen and oxygen atoms in total. The molecule has 2 aliphatic rings. The molecule has 0 N–H and O–H groups in total. The molecule has 8 rings (SSSR count). The monoisotopic (exact) mass is 534 g/mol. The molecule has 0 bridgehead atoms. The topological polar surface area (TPSA) is 22.4 Å². The van der Waals surface area contributed by atoms with Crippen LogP contribution in [0.25, 0.3) is 33.1 Å². The highest BCUT2D eigenvalue weighted by Gasteiger charge is 2.51. The van der Waals surface area contributed by atoms with Gasteiger partial charge in [0, 0.05) is 37.5 Å². The second-order valence-electron chi connectivity index (χ2n) is 9.17. The summed E-state index contributed by atoms with van der Waals surface area (Å²) in [6, 6.07) is 33.8. The number of hydrogen-bond donors (Lipinski definition) is 0. The molecule has 1 aliphatic heterocycles. The largest absolute Gasteiger partial charge is 0.457 e. The summed E-state index contributed by atoms with van der Waals surface area (Å²) in [4.78, 5) is 0. The summed E-state index contributed by atoms with van der Waals surface area (Å²) in [6.45, 7) is 0. The Labute approximate surface area is 214 Å². The van der Waals surface area contributed by atoms with Gasteiger partial charge in [0.15, 0.2) is 0 Å². The quantitative estimate of drug-likeness (QED) is 0.193. The van der Waals surface area contributed by atoms with Gasteiger partial charge in [-0.3, -0.25) is 0 Å². The van der Waals surface area contributed by atoms with Gasteiger partial charge in [0.1, 0.15) is 22.7 Å². The van der Waals surface area contributed by atoms with Gasteiger partial charge in [-0.25, -0.2) is 0 Å². The Hall–Kier alpha value is -3.53. The highest BCUT2D eigenvalue weighted by molar-refractivity contribution is 9.10. The molecule has 0 amide bonds. The van der Waals surface area contributed by atoms with Crippen molar-refractivity contribution in [3.05, 3.63) is 129 Å². The van der Waals surface area contributed by atoms with Gasteiger partial charge in [-0.05, 0) is 64.7 Å². The number of fused-ring (bicyclic) bond motifs is 12. The van der Waals surface area contributed by atoms with Crippen LogP contribution in [0.4, 0.5) is 0 Å². The second-order valence-corrected chi connectivity index (χ2v) is 10.5. The van der Waals surface area contributed by atoms with Crippen LogP contribution in [-0.4, -0.2) is 0 Å². The van der Waals surface area contributed by atoms with E-state index in [2.05, 4.69) is 88.7 Å². The number of rotatable bonds is 0. The van der Waals surface area contributed by atoms with E-state index < -0.39 is 5.41 Å². The Bertz CT molecular complexity index is 1820. The van der Waals surface area contributed by atoms with E-state index >= 15 is 0 Å². The molecule has 0 saturated heterocycles. The van der Waals surface area contributed by atoms with Crippen LogP contribution in [-0.2, 0) is 5.41 Å². The summed E-state index contributed by atoms with van der Waals surface area (Å²) in [6.07, 6.45) is 0. The van der Waals surface area contributed by atoms with Gasteiger partial charge in [-0.2, -0.15) is 0 Å². The third-order valence-corrected chi connectivity index (χ3v) is 8.19. The second kappa shape index (κ2) is 6.78. The first kappa shape index (κ1) is 19.7. The molecular formula is C31H16BrClO2. The fraction of sp³-hybridized carbons (Fsp3) is 0.0323. The van der Waals surface area contributed by atoms with Crippen LogP contribution >= 0.6 is 27.5 Å². The molecule has 0 unspecified atom stereocenters. The molecule has 5 aromatic carbocycles. The molecule has 0 fully saturated rings. The number of ether oxygens (including phenoxy) is 1. The van der Waals surface area contributed by atoms with Crippen molar-refractivity contribution in [2.24, 2.45) is 0 Å². The maximum atomic E-state index is 6.61. The van der Waals surface area contributed by atoms with Crippen molar-refractivity contribution in [3.63, 3.8) is 0 Å². The zero-order valence-electron chi connectivity index (χ0n) is 18.3. The average Bonchev–Trinajstić information content (AvgIpc) is 3.37. The number of halogens is 2.